The van der Waals surface area contributed by atoms with E-state index in [0.29, 0.717) is 0 Å². The van der Waals surface area contributed by atoms with E-state index in [1.165, 1.54) is 103 Å². The Morgan fingerprint density at radius 2 is 0.625 bits per heavy atom. The molecule has 0 aromatic carbocycles. The second kappa shape index (κ2) is 20.6. The fraction of sp³-hybridized carbons (Fsp3) is 0.750. The molecule has 0 heteroatoms. The van der Waals surface area contributed by atoms with Crippen LogP contribution in [0, 0.1) is 0 Å². The second-order valence-corrected chi connectivity index (χ2v) is 9.45. The Labute approximate surface area is 203 Å². The van der Waals surface area contributed by atoms with Gasteiger partial charge in [-0.1, -0.05) is 119 Å². The number of unbranched alkanes of at least 4 members (excludes halogenated alkanes) is 2. The molecule has 0 N–H and O–H groups in total. The summed E-state index contributed by atoms with van der Waals surface area (Å²) in [6.07, 6.45) is 25.0. The fourth-order valence-electron chi connectivity index (χ4n) is 4.91. The van der Waals surface area contributed by atoms with Crippen LogP contribution in [0.2, 0.25) is 0 Å². The van der Waals surface area contributed by atoms with Crippen LogP contribution in [0.1, 0.15) is 158 Å². The summed E-state index contributed by atoms with van der Waals surface area (Å²) < 4.78 is 0. The van der Waals surface area contributed by atoms with Gasteiger partial charge in [-0.2, -0.15) is 0 Å². The first kappa shape index (κ1) is 31.0. The summed E-state index contributed by atoms with van der Waals surface area (Å²) in [4.78, 5) is 0. The number of rotatable bonds is 19. The number of hydrogen-bond donors (Lipinski definition) is 0. The summed E-state index contributed by atoms with van der Waals surface area (Å²) in [5.41, 5.74) is 10.2. The maximum absolute atomic E-state index is 2.59. The van der Waals surface area contributed by atoms with E-state index < -0.39 is 0 Å². The molecule has 0 aliphatic heterocycles. The van der Waals surface area contributed by atoms with Crippen molar-refractivity contribution < 1.29 is 0 Å². The predicted molar refractivity (Wildman–Crippen MR) is 149 cm³/mol. The van der Waals surface area contributed by atoms with E-state index in [0.717, 1.165) is 0 Å². The minimum Gasteiger partial charge on any atom is -0.0810 e. The van der Waals surface area contributed by atoms with Crippen LogP contribution in [0.5, 0.6) is 0 Å². The van der Waals surface area contributed by atoms with Crippen molar-refractivity contribution in [1.29, 1.82) is 0 Å². The van der Waals surface area contributed by atoms with Crippen molar-refractivity contribution in [3.8, 4) is 0 Å². The summed E-state index contributed by atoms with van der Waals surface area (Å²) in [5, 5.41) is 0. The standard InChI is InChI=1S/C32H58/c1-9-17-25-27(19-11-3)29(21-13-5)31(23-15-7)32(24-16-8)30(22-14-6)28(20-12-4)26-18-10-2/h25-26H,9-24H2,1-8H3/b27-25?,28-26?,31-29-,32-30-. The van der Waals surface area contributed by atoms with E-state index >= 15 is 0 Å². The lowest BCUT2D eigenvalue weighted by atomic mass is 9.80. The van der Waals surface area contributed by atoms with Crippen molar-refractivity contribution in [2.45, 2.75) is 158 Å². The van der Waals surface area contributed by atoms with E-state index in [1.54, 1.807) is 33.4 Å². The molecule has 0 unspecified atom stereocenters. The first-order valence-corrected chi connectivity index (χ1v) is 14.4. The smallest absolute Gasteiger partial charge is 0.0276 e. The lowest BCUT2D eigenvalue weighted by Crippen LogP contribution is -2.06. The maximum atomic E-state index is 2.59. The second-order valence-electron chi connectivity index (χ2n) is 9.45. The van der Waals surface area contributed by atoms with Gasteiger partial charge in [0.15, 0.2) is 0 Å². The third-order valence-corrected chi connectivity index (χ3v) is 6.27. The van der Waals surface area contributed by atoms with E-state index in [9.17, 15) is 0 Å². The van der Waals surface area contributed by atoms with Crippen molar-refractivity contribution >= 4 is 0 Å². The highest BCUT2D eigenvalue weighted by molar-refractivity contribution is 5.51. The minimum absolute atomic E-state index is 1.22. The molecule has 0 aliphatic carbocycles. The average Bonchev–Trinajstić information content (AvgIpc) is 2.79. The Hall–Kier alpha value is -1.04. The van der Waals surface area contributed by atoms with Crippen molar-refractivity contribution in [3.05, 3.63) is 45.6 Å². The Morgan fingerprint density at radius 1 is 0.344 bits per heavy atom. The molecule has 0 aromatic heterocycles. The van der Waals surface area contributed by atoms with Gasteiger partial charge in [-0.25, -0.2) is 0 Å². The van der Waals surface area contributed by atoms with Crippen LogP contribution < -0.4 is 0 Å². The third-order valence-electron chi connectivity index (χ3n) is 6.27. The first-order chi connectivity index (χ1) is 15.6. The van der Waals surface area contributed by atoms with Crippen LogP contribution in [0.25, 0.3) is 0 Å². The molecule has 0 amide bonds. The molecule has 0 aromatic rings. The van der Waals surface area contributed by atoms with Crippen molar-refractivity contribution in [3.63, 3.8) is 0 Å². The van der Waals surface area contributed by atoms with Gasteiger partial charge in [-0.3, -0.25) is 0 Å². The van der Waals surface area contributed by atoms with Crippen LogP contribution >= 0.6 is 0 Å². The van der Waals surface area contributed by atoms with Gasteiger partial charge in [0.25, 0.3) is 0 Å². The molecule has 0 bridgehead atoms. The van der Waals surface area contributed by atoms with E-state index in [2.05, 4.69) is 67.5 Å². The van der Waals surface area contributed by atoms with Gasteiger partial charge in [0.05, 0.1) is 0 Å². The monoisotopic (exact) mass is 442 g/mol. The molecule has 0 heterocycles. The highest BCUT2D eigenvalue weighted by Crippen LogP contribution is 2.38. The zero-order valence-corrected chi connectivity index (χ0v) is 23.5. The molecular formula is C32H58. The minimum atomic E-state index is 1.22. The zero-order valence-electron chi connectivity index (χ0n) is 23.5. The molecule has 0 atom stereocenters. The van der Waals surface area contributed by atoms with Gasteiger partial charge in [0.2, 0.25) is 0 Å². The molecule has 0 saturated carbocycles. The Morgan fingerprint density at radius 3 is 0.875 bits per heavy atom. The SMILES string of the molecule is CCCC=C(CCC)/C(CCC)=C(CCC)\C(CCC)=C(\CCC)C(=CCCC)CCC. The van der Waals surface area contributed by atoms with Gasteiger partial charge in [0, 0.05) is 0 Å². The Kier molecular flexibility index (Phi) is 19.9. The average molecular weight is 443 g/mol. The molecule has 0 nitrogen and oxygen atoms in total. The van der Waals surface area contributed by atoms with Gasteiger partial charge in [0.1, 0.15) is 0 Å². The molecule has 32 heavy (non-hydrogen) atoms. The molecule has 0 saturated heterocycles. The van der Waals surface area contributed by atoms with Crippen LogP contribution in [0.3, 0.4) is 0 Å². The van der Waals surface area contributed by atoms with Gasteiger partial charge in [-0.15, -0.1) is 0 Å². The van der Waals surface area contributed by atoms with Crippen LogP contribution in [0.4, 0.5) is 0 Å². The summed E-state index contributed by atoms with van der Waals surface area (Å²) >= 11 is 0. The van der Waals surface area contributed by atoms with Gasteiger partial charge < -0.3 is 0 Å². The van der Waals surface area contributed by atoms with Gasteiger partial charge >= 0.3 is 0 Å². The van der Waals surface area contributed by atoms with Crippen molar-refractivity contribution in [1.82, 2.24) is 0 Å². The van der Waals surface area contributed by atoms with Gasteiger partial charge in [-0.05, 0) is 84.8 Å². The third kappa shape index (κ3) is 11.2. The number of allylic oxidation sites excluding steroid dienone is 8. The lowest BCUT2D eigenvalue weighted by Gasteiger charge is -2.25. The maximum Gasteiger partial charge on any atom is -0.0276 e. The normalized spacial score (nSPS) is 14.5. The predicted octanol–water partition coefficient (Wildman–Crippen LogP) is 11.8. The largest absolute Gasteiger partial charge is 0.0810 e. The van der Waals surface area contributed by atoms with E-state index in [1.807, 2.05) is 0 Å². The van der Waals surface area contributed by atoms with Crippen LogP contribution in [-0.4, -0.2) is 0 Å². The topological polar surface area (TPSA) is 0 Å². The van der Waals surface area contributed by atoms with Crippen LogP contribution in [0.15, 0.2) is 45.6 Å². The Bertz CT molecular complexity index is 540. The highest BCUT2D eigenvalue weighted by Gasteiger charge is 2.19. The summed E-state index contributed by atoms with van der Waals surface area (Å²) in [5.74, 6) is 0. The summed E-state index contributed by atoms with van der Waals surface area (Å²) in [6, 6.07) is 0. The fourth-order valence-corrected chi connectivity index (χ4v) is 4.91. The van der Waals surface area contributed by atoms with E-state index in [-0.39, 0.29) is 0 Å². The number of hydrogen-bond acceptors (Lipinski definition) is 0. The molecule has 0 fully saturated rings. The van der Waals surface area contributed by atoms with Crippen LogP contribution in [-0.2, 0) is 0 Å². The van der Waals surface area contributed by atoms with Crippen molar-refractivity contribution in [2.24, 2.45) is 0 Å². The van der Waals surface area contributed by atoms with Crippen molar-refractivity contribution in [2.75, 3.05) is 0 Å². The molecule has 0 aliphatic rings. The lowest BCUT2D eigenvalue weighted by molar-refractivity contribution is 0.768. The highest BCUT2D eigenvalue weighted by atomic mass is 14.2. The summed E-state index contributed by atoms with van der Waals surface area (Å²) in [6.45, 7) is 18.8. The molecule has 0 rings (SSSR count). The molecule has 186 valence electrons. The van der Waals surface area contributed by atoms with E-state index in [4.69, 9.17) is 0 Å². The molecule has 0 radical (unpaired) electrons. The molecule has 0 spiro atoms. The zero-order chi connectivity index (χ0) is 24.2. The summed E-state index contributed by atoms with van der Waals surface area (Å²) in [7, 11) is 0. The Balaban J connectivity index is 7.16. The molecular weight excluding hydrogens is 384 g/mol. The quantitative estimate of drug-likeness (QED) is 0.174. The first-order valence-electron chi connectivity index (χ1n) is 14.4.